The second-order valence-corrected chi connectivity index (χ2v) is 15.4. The number of alkyl carbamates (subject to hydrolysis) is 1. The van der Waals surface area contributed by atoms with E-state index in [1.54, 1.807) is 0 Å². The lowest BCUT2D eigenvalue weighted by atomic mass is 9.78. The molecule has 0 unspecified atom stereocenters. The number of benzene rings is 3. The fourth-order valence-electron chi connectivity index (χ4n) is 8.54. The summed E-state index contributed by atoms with van der Waals surface area (Å²) in [6.07, 6.45) is 6.57. The summed E-state index contributed by atoms with van der Waals surface area (Å²) >= 11 is 0. The molecular formula is C43H48N8O4. The van der Waals surface area contributed by atoms with Crippen molar-refractivity contribution in [2.75, 3.05) is 34.3 Å². The molecule has 0 bridgehead atoms. The molecule has 0 spiro atoms. The molecule has 2 saturated heterocycles. The van der Waals surface area contributed by atoms with Gasteiger partial charge < -0.3 is 29.8 Å². The van der Waals surface area contributed by atoms with Gasteiger partial charge in [-0.05, 0) is 85.6 Å². The van der Waals surface area contributed by atoms with Crippen LogP contribution in [0, 0.1) is 5.92 Å². The number of rotatable bonds is 10. The number of H-pyrrole nitrogens is 2. The minimum atomic E-state index is -0.680. The summed E-state index contributed by atoms with van der Waals surface area (Å²) in [5.41, 5.74) is 9.63. The first-order valence-corrected chi connectivity index (χ1v) is 19.2. The summed E-state index contributed by atoms with van der Waals surface area (Å²) in [5.74, 6) is 1.44. The van der Waals surface area contributed by atoms with Crippen molar-refractivity contribution in [1.29, 1.82) is 0 Å². The van der Waals surface area contributed by atoms with Crippen molar-refractivity contribution >= 4 is 17.9 Å². The highest BCUT2D eigenvalue weighted by atomic mass is 16.5. The minimum absolute atomic E-state index is 0.0971. The van der Waals surface area contributed by atoms with E-state index >= 15 is 0 Å². The zero-order valence-electron chi connectivity index (χ0n) is 32.0. The topological polar surface area (TPSA) is 140 Å². The number of carbonyl (C=O) groups excluding carboxylic acids is 3. The molecule has 2 fully saturated rings. The molecule has 4 heterocycles. The number of imidazole rings is 2. The van der Waals surface area contributed by atoms with E-state index in [2.05, 4.69) is 51.7 Å². The summed E-state index contributed by atoms with van der Waals surface area (Å²) in [6.45, 7) is 5.14. The standard InChI is InChI=1S/C43H48N8O4/c1-25(2)37(48-43(54)55-5)41(52)50-19-9-13-35(50)39-44-23-33(46-39)27-15-17-29-31(21-27)30-18-16-28(22-32(29)30)34-24-45-40(47-34)36-14-10-20-51(36)42(53)38(49(3)4)26-11-7-6-8-12-26/h6-8,11-12,15-18,21-25,35-38H,9-10,13-14,19-20H2,1-5H3,(H,44,46)(H,45,47)(H,48,54)/t35-,36-,37-,38+/m0/s1. The van der Waals surface area contributed by atoms with Gasteiger partial charge in [0.2, 0.25) is 11.8 Å². The number of hydrogen-bond acceptors (Lipinski definition) is 7. The van der Waals surface area contributed by atoms with Gasteiger partial charge in [0.1, 0.15) is 23.7 Å². The first-order chi connectivity index (χ1) is 26.6. The Kier molecular flexibility index (Phi) is 9.77. The first-order valence-electron chi connectivity index (χ1n) is 19.2. The highest BCUT2D eigenvalue weighted by Crippen LogP contribution is 2.50. The van der Waals surface area contributed by atoms with Crippen LogP contribution in [0.1, 0.15) is 74.9 Å². The average Bonchev–Trinajstić information content (AvgIpc) is 4.02. The van der Waals surface area contributed by atoms with Gasteiger partial charge in [-0.15, -0.1) is 0 Å². The van der Waals surface area contributed by atoms with Crippen LogP contribution in [0.2, 0.25) is 0 Å². The van der Waals surface area contributed by atoms with Crippen LogP contribution in [-0.2, 0) is 14.3 Å². The molecule has 8 rings (SSSR count). The number of ether oxygens (including phenoxy) is 1. The third-order valence-electron chi connectivity index (χ3n) is 11.4. The smallest absolute Gasteiger partial charge is 0.407 e. The van der Waals surface area contributed by atoms with Gasteiger partial charge in [-0.3, -0.25) is 14.5 Å². The van der Waals surface area contributed by atoms with Crippen molar-refractivity contribution < 1.29 is 19.1 Å². The molecule has 0 radical (unpaired) electrons. The fraction of sp³-hybridized carbons (Fsp3) is 0.372. The number of hydrogen-bond donors (Lipinski definition) is 3. The number of nitrogens with one attached hydrogen (secondary N) is 3. The zero-order valence-corrected chi connectivity index (χ0v) is 32.0. The van der Waals surface area contributed by atoms with E-state index in [0.717, 1.165) is 65.4 Å². The molecular weight excluding hydrogens is 693 g/mol. The van der Waals surface area contributed by atoms with Crippen LogP contribution in [0.5, 0.6) is 0 Å². The predicted molar refractivity (Wildman–Crippen MR) is 210 cm³/mol. The zero-order chi connectivity index (χ0) is 38.4. The number of aromatic amines is 2. The lowest BCUT2D eigenvalue weighted by molar-refractivity contribution is -0.137. The Morgan fingerprint density at radius 3 is 1.78 bits per heavy atom. The number of fused-ring (bicyclic) bond motifs is 4. The van der Waals surface area contributed by atoms with Gasteiger partial charge in [-0.25, -0.2) is 14.8 Å². The normalized spacial score (nSPS) is 18.5. The molecule has 3 aromatic carbocycles. The molecule has 2 aliphatic heterocycles. The Morgan fingerprint density at radius 2 is 1.29 bits per heavy atom. The van der Waals surface area contributed by atoms with E-state index in [1.165, 1.54) is 29.4 Å². The third-order valence-corrected chi connectivity index (χ3v) is 11.4. The molecule has 0 saturated carbocycles. The van der Waals surface area contributed by atoms with E-state index in [0.29, 0.717) is 13.1 Å². The molecule has 2 aromatic heterocycles. The first kappa shape index (κ1) is 36.2. The highest BCUT2D eigenvalue weighted by molar-refractivity contribution is 6.04. The van der Waals surface area contributed by atoms with Crippen LogP contribution in [-0.4, -0.2) is 92.9 Å². The number of carbonyl (C=O) groups is 3. The second-order valence-electron chi connectivity index (χ2n) is 15.4. The Hall–Kier alpha value is -5.75. The molecule has 4 atom stereocenters. The molecule has 3 amide bonds. The minimum Gasteiger partial charge on any atom is -0.453 e. The largest absolute Gasteiger partial charge is 0.453 e. The number of likely N-dealkylation sites (tertiary alicyclic amines) is 2. The summed E-state index contributed by atoms with van der Waals surface area (Å²) in [5, 5.41) is 2.71. The Balaban J connectivity index is 0.967. The fourth-order valence-corrected chi connectivity index (χ4v) is 8.54. The maximum atomic E-state index is 14.0. The van der Waals surface area contributed by atoms with Gasteiger partial charge in [-0.1, -0.05) is 68.4 Å². The van der Waals surface area contributed by atoms with Gasteiger partial charge in [0.15, 0.2) is 0 Å². The third kappa shape index (κ3) is 6.69. The SMILES string of the molecule is COC(=O)N[C@H](C(=O)N1CCC[C@H]1c1ncc(-c2ccc3c(c2)-c2ccc(-c4cnc([C@@H]5CCCN5C(=O)[C@@H](c5ccccc5)N(C)C)[nH]4)cc2-3)[nH]1)C(C)C. The van der Waals surface area contributed by atoms with Crippen LogP contribution in [0.25, 0.3) is 44.8 Å². The lowest BCUT2D eigenvalue weighted by Crippen LogP contribution is -2.51. The van der Waals surface area contributed by atoms with E-state index in [9.17, 15) is 14.4 Å². The summed E-state index contributed by atoms with van der Waals surface area (Å²) in [7, 11) is 5.21. The maximum Gasteiger partial charge on any atom is 0.407 e. The van der Waals surface area contributed by atoms with E-state index in [1.807, 2.05) is 85.4 Å². The number of methoxy groups -OCH3 is 1. The number of amides is 3. The van der Waals surface area contributed by atoms with Gasteiger partial charge in [-0.2, -0.15) is 0 Å². The summed E-state index contributed by atoms with van der Waals surface area (Å²) in [4.78, 5) is 61.9. The van der Waals surface area contributed by atoms with Gasteiger partial charge in [0.05, 0.1) is 43.0 Å². The van der Waals surface area contributed by atoms with Crippen LogP contribution in [0.3, 0.4) is 0 Å². The predicted octanol–water partition coefficient (Wildman–Crippen LogP) is 7.12. The Bertz CT molecular complexity index is 2230. The van der Waals surface area contributed by atoms with E-state index in [4.69, 9.17) is 14.7 Å². The van der Waals surface area contributed by atoms with Crippen molar-refractivity contribution in [2.45, 2.75) is 63.7 Å². The van der Waals surface area contributed by atoms with Crippen molar-refractivity contribution in [3.05, 3.63) is 96.3 Å². The molecule has 3 aliphatic rings. The molecule has 3 N–H and O–H groups in total. The molecule has 12 nitrogen and oxygen atoms in total. The summed E-state index contributed by atoms with van der Waals surface area (Å²) in [6, 6.07) is 21.6. The molecule has 55 heavy (non-hydrogen) atoms. The Morgan fingerprint density at radius 1 is 0.764 bits per heavy atom. The van der Waals surface area contributed by atoms with Crippen LogP contribution in [0.15, 0.2) is 79.1 Å². The van der Waals surface area contributed by atoms with Crippen LogP contribution >= 0.6 is 0 Å². The highest BCUT2D eigenvalue weighted by Gasteiger charge is 2.39. The second kappa shape index (κ2) is 14.8. The maximum absolute atomic E-state index is 14.0. The van der Waals surface area contributed by atoms with E-state index < -0.39 is 12.1 Å². The van der Waals surface area contributed by atoms with Gasteiger partial charge in [0, 0.05) is 24.2 Å². The number of nitrogens with zero attached hydrogens (tertiary/aromatic N) is 5. The van der Waals surface area contributed by atoms with Crippen molar-refractivity contribution in [3.63, 3.8) is 0 Å². The molecule has 12 heteroatoms. The average molecular weight is 741 g/mol. The lowest BCUT2D eigenvalue weighted by Gasteiger charge is -2.31. The number of aromatic nitrogens is 4. The van der Waals surface area contributed by atoms with Gasteiger partial charge >= 0.3 is 6.09 Å². The van der Waals surface area contributed by atoms with E-state index in [-0.39, 0.29) is 35.9 Å². The van der Waals surface area contributed by atoms with Crippen LogP contribution in [0.4, 0.5) is 4.79 Å². The molecule has 284 valence electrons. The van der Waals surface area contributed by atoms with Crippen molar-refractivity contribution in [3.8, 4) is 44.8 Å². The van der Waals surface area contributed by atoms with Crippen molar-refractivity contribution in [2.24, 2.45) is 5.92 Å². The monoisotopic (exact) mass is 740 g/mol. The molecule has 1 aliphatic carbocycles. The summed E-state index contributed by atoms with van der Waals surface area (Å²) < 4.78 is 4.77. The van der Waals surface area contributed by atoms with Crippen molar-refractivity contribution in [1.82, 2.24) is 40.0 Å². The Labute approximate surface area is 321 Å². The van der Waals surface area contributed by atoms with Gasteiger partial charge in [0.25, 0.3) is 0 Å². The van der Waals surface area contributed by atoms with Crippen LogP contribution < -0.4 is 5.32 Å². The number of likely N-dealkylation sites (N-methyl/N-ethyl adjacent to an activating group) is 1. The quantitative estimate of drug-likeness (QED) is 0.136. The molecule has 5 aromatic rings.